The molecule has 0 bridgehead atoms. The molecule has 0 nitrogen and oxygen atoms in total. The van der Waals surface area contributed by atoms with Gasteiger partial charge >= 0.3 is 80.4 Å². The van der Waals surface area contributed by atoms with Gasteiger partial charge in [-0.2, -0.15) is 0 Å². The summed E-state index contributed by atoms with van der Waals surface area (Å²) >= 11 is -2.52. The molecule has 0 N–H and O–H groups in total. The van der Waals surface area contributed by atoms with E-state index in [0.717, 1.165) is 7.87 Å². The maximum absolute atomic E-state index is 6.52. The Bertz CT molecular complexity index is 134. The van der Waals surface area contributed by atoms with E-state index in [-0.39, 0.29) is 0 Å². The zero-order valence-electron chi connectivity index (χ0n) is 6.65. The summed E-state index contributed by atoms with van der Waals surface area (Å²) in [6.07, 6.45) is 8.16. The molecule has 0 saturated heterocycles. The van der Waals surface area contributed by atoms with Gasteiger partial charge in [0.05, 0.1) is 0 Å². The van der Waals surface area contributed by atoms with Crippen molar-refractivity contribution in [3.8, 4) is 0 Å². The predicted octanol–water partition coefficient (Wildman–Crippen LogP) is 4.01. The first kappa shape index (κ1) is 8.95. The summed E-state index contributed by atoms with van der Waals surface area (Å²) in [7, 11) is 13.0. The number of hydrogen-bond acceptors (Lipinski definition) is 0. The third-order valence-electron chi connectivity index (χ3n) is 3.30. The summed E-state index contributed by atoms with van der Waals surface area (Å²) in [5, 5.41) is 0. The number of halogens is 2. The van der Waals surface area contributed by atoms with E-state index in [1.165, 1.54) is 38.5 Å². The van der Waals surface area contributed by atoms with Gasteiger partial charge in [-0.05, 0) is 0 Å². The Hall–Kier alpha value is 1.38. The van der Waals surface area contributed by atoms with Crippen LogP contribution in [0, 0.1) is 0 Å². The first-order valence-corrected chi connectivity index (χ1v) is 15.1. The van der Waals surface area contributed by atoms with E-state index in [2.05, 4.69) is 0 Å². The molecule has 2 saturated carbocycles. The molecule has 0 radical (unpaired) electrons. The van der Waals surface area contributed by atoms with E-state index in [1.54, 1.807) is 0 Å². The fraction of sp³-hybridized carbons (Fsp3) is 1.00. The van der Waals surface area contributed by atoms with Gasteiger partial charge < -0.3 is 0 Å². The Morgan fingerprint density at radius 3 is 1.36 bits per heavy atom. The van der Waals surface area contributed by atoms with Crippen molar-refractivity contribution < 1.29 is 0 Å². The van der Waals surface area contributed by atoms with E-state index < -0.39 is 16.1 Å². The van der Waals surface area contributed by atoms with Crippen molar-refractivity contribution in [1.82, 2.24) is 0 Å². The van der Waals surface area contributed by atoms with E-state index in [1.807, 2.05) is 0 Å². The average Bonchev–Trinajstić information content (AvgIpc) is 1.46. The van der Waals surface area contributed by atoms with Crippen molar-refractivity contribution in [2.75, 3.05) is 0 Å². The average molecular weight is 300 g/mol. The van der Waals surface area contributed by atoms with Gasteiger partial charge in [-0.1, -0.05) is 0 Å². The van der Waals surface area contributed by atoms with Gasteiger partial charge in [-0.15, -0.1) is 0 Å². The van der Waals surface area contributed by atoms with Crippen LogP contribution >= 0.6 is 17.8 Å². The van der Waals surface area contributed by atoms with Crippen LogP contribution in [0.5, 0.6) is 0 Å². The molecule has 0 aromatic rings. The first-order valence-electron chi connectivity index (χ1n) is 4.59. The van der Waals surface area contributed by atoms with Gasteiger partial charge in [0.15, 0.2) is 0 Å². The Balaban J connectivity index is 1.95. The van der Waals surface area contributed by atoms with Crippen molar-refractivity contribution in [2.24, 2.45) is 0 Å². The van der Waals surface area contributed by atoms with Crippen LogP contribution in [-0.4, -0.2) is 16.1 Å². The summed E-state index contributed by atoms with van der Waals surface area (Å²) in [6.45, 7) is 0. The van der Waals surface area contributed by atoms with Gasteiger partial charge in [-0.3, -0.25) is 0 Å². The molecule has 0 aliphatic heterocycles. The van der Waals surface area contributed by atoms with Crippen LogP contribution in [-0.2, 0) is 0 Å². The van der Waals surface area contributed by atoms with Crippen molar-refractivity contribution in [1.29, 1.82) is 0 Å². The van der Waals surface area contributed by atoms with E-state index in [9.17, 15) is 0 Å². The quantitative estimate of drug-likeness (QED) is 0.676. The molecule has 64 valence electrons. The minimum atomic E-state index is -2.52. The molecule has 0 aromatic heterocycles. The normalized spacial score (nSPS) is 27.8. The summed E-state index contributed by atoms with van der Waals surface area (Å²) in [5.74, 6) is 0. The van der Waals surface area contributed by atoms with Gasteiger partial charge in [-0.25, -0.2) is 0 Å². The summed E-state index contributed by atoms with van der Waals surface area (Å²) in [4.78, 5) is 0. The summed E-state index contributed by atoms with van der Waals surface area (Å²) in [6, 6.07) is 0. The second-order valence-electron chi connectivity index (χ2n) is 3.93. The van der Waals surface area contributed by atoms with Crippen LogP contribution in [0.15, 0.2) is 0 Å². The predicted molar refractivity (Wildman–Crippen MR) is 52.7 cm³/mol. The Morgan fingerprint density at radius 2 is 1.18 bits per heavy atom. The fourth-order valence-corrected chi connectivity index (χ4v) is 16.4. The van der Waals surface area contributed by atoms with Crippen molar-refractivity contribution in [2.45, 2.75) is 46.4 Å². The third kappa shape index (κ3) is 1.55. The summed E-state index contributed by atoms with van der Waals surface area (Å²) < 4.78 is 1.64. The van der Waals surface area contributed by atoms with E-state index in [0.29, 0.717) is 0 Å². The van der Waals surface area contributed by atoms with Gasteiger partial charge in [0.25, 0.3) is 0 Å². The topological polar surface area (TPSA) is 0 Å². The zero-order valence-corrected chi connectivity index (χ0v) is 11.0. The Morgan fingerprint density at radius 1 is 0.818 bits per heavy atom. The molecular weight excluding hydrogens is 286 g/mol. The number of rotatable bonds is 2. The molecule has 0 heterocycles. The van der Waals surface area contributed by atoms with Crippen molar-refractivity contribution >= 4 is 34.0 Å². The standard InChI is InChI=1S/2C4H7.2ClH.Sn/c2*1-2-4-3-1;;;/h2*1H,2-4H2;2*1H;/q;;;;+2/p-2. The molecule has 2 aliphatic rings. The molecule has 0 atom stereocenters. The second-order valence-corrected chi connectivity index (χ2v) is 22.1. The van der Waals surface area contributed by atoms with Crippen LogP contribution in [0.3, 0.4) is 0 Å². The molecule has 2 aliphatic carbocycles. The van der Waals surface area contributed by atoms with Crippen LogP contribution < -0.4 is 0 Å². The van der Waals surface area contributed by atoms with Crippen molar-refractivity contribution in [3.05, 3.63) is 0 Å². The molecule has 0 spiro atoms. The monoisotopic (exact) mass is 300 g/mol. The number of hydrogen-bond donors (Lipinski definition) is 0. The zero-order chi connectivity index (χ0) is 7.90. The molecular formula is C8H14Cl2Sn. The first-order chi connectivity index (χ1) is 5.21. The van der Waals surface area contributed by atoms with Crippen LogP contribution in [0.4, 0.5) is 0 Å². The molecule has 2 fully saturated rings. The van der Waals surface area contributed by atoms with Crippen LogP contribution in [0.25, 0.3) is 0 Å². The van der Waals surface area contributed by atoms with Gasteiger partial charge in [0, 0.05) is 0 Å². The van der Waals surface area contributed by atoms with Gasteiger partial charge in [0.1, 0.15) is 0 Å². The minimum absolute atomic E-state index is 0.818. The van der Waals surface area contributed by atoms with Gasteiger partial charge in [0.2, 0.25) is 0 Å². The third-order valence-corrected chi connectivity index (χ3v) is 21.1. The Labute approximate surface area is 79.9 Å². The van der Waals surface area contributed by atoms with E-state index in [4.69, 9.17) is 17.8 Å². The molecule has 11 heavy (non-hydrogen) atoms. The SMILES string of the molecule is [Cl][Sn]([Cl])([CH]1CCC1)[CH]1CCC1. The Kier molecular flexibility index (Phi) is 2.66. The second kappa shape index (κ2) is 3.26. The molecule has 0 unspecified atom stereocenters. The molecule has 0 aromatic carbocycles. The fourth-order valence-electron chi connectivity index (χ4n) is 1.92. The maximum atomic E-state index is 6.52. The van der Waals surface area contributed by atoms with Crippen LogP contribution in [0.1, 0.15) is 38.5 Å². The molecule has 0 amide bonds. The molecule has 2 rings (SSSR count). The summed E-state index contributed by atoms with van der Waals surface area (Å²) in [5.41, 5.74) is 0. The molecule has 3 heteroatoms. The van der Waals surface area contributed by atoms with Crippen molar-refractivity contribution in [3.63, 3.8) is 0 Å². The van der Waals surface area contributed by atoms with Crippen LogP contribution in [0.2, 0.25) is 7.87 Å². The van der Waals surface area contributed by atoms with E-state index >= 15 is 0 Å².